The van der Waals surface area contributed by atoms with Crippen LogP contribution in [0.1, 0.15) is 5.56 Å². The van der Waals surface area contributed by atoms with Crippen LogP contribution >= 0.6 is 0 Å². The maximum atomic E-state index is 12.6. The van der Waals surface area contributed by atoms with E-state index in [0.717, 1.165) is 12.1 Å². The molecular formula is C13H13F3Si. The predicted molar refractivity (Wildman–Crippen MR) is 67.4 cm³/mol. The third-order valence-corrected chi connectivity index (χ3v) is 6.04. The Balaban J connectivity index is 3.37. The molecule has 0 bridgehead atoms. The lowest BCUT2D eigenvalue weighted by Gasteiger charge is -2.21. The van der Waals surface area contributed by atoms with Crippen molar-refractivity contribution < 1.29 is 13.2 Å². The van der Waals surface area contributed by atoms with Crippen LogP contribution in [0.15, 0.2) is 61.1 Å². The molecule has 1 aromatic rings. The van der Waals surface area contributed by atoms with Crippen LogP contribution in [0, 0.1) is 0 Å². The molecule has 0 saturated heterocycles. The van der Waals surface area contributed by atoms with Crippen molar-refractivity contribution in [2.75, 3.05) is 0 Å². The van der Waals surface area contributed by atoms with Gasteiger partial charge in [-0.05, 0) is 11.3 Å². The van der Waals surface area contributed by atoms with Crippen molar-refractivity contribution in [2.45, 2.75) is 6.18 Å². The number of benzene rings is 1. The van der Waals surface area contributed by atoms with Crippen molar-refractivity contribution in [2.24, 2.45) is 0 Å². The minimum Gasteiger partial charge on any atom is -0.166 e. The number of hydrogen-bond acceptors (Lipinski definition) is 0. The Morgan fingerprint density at radius 1 is 1.00 bits per heavy atom. The van der Waals surface area contributed by atoms with Crippen molar-refractivity contribution in [3.8, 4) is 0 Å². The second-order valence-corrected chi connectivity index (χ2v) is 7.29. The molecule has 0 N–H and O–H groups in total. The topological polar surface area (TPSA) is 0 Å². The average Bonchev–Trinajstić information content (AvgIpc) is 2.31. The van der Waals surface area contributed by atoms with E-state index < -0.39 is 19.8 Å². The Morgan fingerprint density at radius 3 is 1.94 bits per heavy atom. The third-order valence-electron chi connectivity index (χ3n) is 2.70. The third kappa shape index (κ3) is 2.58. The molecule has 1 rings (SSSR count). The summed E-state index contributed by atoms with van der Waals surface area (Å²) in [7, 11) is -2.41. The Morgan fingerprint density at radius 2 is 1.53 bits per heavy atom. The second kappa shape index (κ2) is 4.75. The summed E-state index contributed by atoms with van der Waals surface area (Å²) in [5.74, 6) is 0. The molecule has 1 aromatic carbocycles. The van der Waals surface area contributed by atoms with E-state index in [-0.39, 0.29) is 0 Å². The lowest BCUT2D eigenvalue weighted by Crippen LogP contribution is -2.43. The summed E-state index contributed by atoms with van der Waals surface area (Å²) in [6, 6.07) is 5.26. The molecule has 0 aliphatic rings. The van der Waals surface area contributed by atoms with E-state index in [0.29, 0.717) is 5.19 Å². The van der Waals surface area contributed by atoms with Crippen LogP contribution < -0.4 is 5.19 Å². The molecule has 0 nitrogen and oxygen atoms in total. The zero-order valence-electron chi connectivity index (χ0n) is 9.30. The molecule has 0 saturated carbocycles. The van der Waals surface area contributed by atoms with Gasteiger partial charge >= 0.3 is 6.18 Å². The summed E-state index contributed by atoms with van der Waals surface area (Å²) in [5.41, 5.74) is 4.31. The second-order valence-electron chi connectivity index (χ2n) is 3.62. The number of rotatable bonds is 4. The number of hydrogen-bond donors (Lipinski definition) is 0. The maximum Gasteiger partial charge on any atom is 0.416 e. The van der Waals surface area contributed by atoms with E-state index in [4.69, 9.17) is 0 Å². The first-order valence-corrected chi connectivity index (χ1v) is 7.21. The van der Waals surface area contributed by atoms with Crippen molar-refractivity contribution >= 4 is 13.3 Å². The normalized spacial score (nSPS) is 11.9. The fourth-order valence-electron chi connectivity index (χ4n) is 1.57. The Labute approximate surface area is 99.8 Å². The Bertz CT molecular complexity index is 424. The zero-order valence-corrected chi connectivity index (χ0v) is 10.3. The van der Waals surface area contributed by atoms with E-state index in [1.54, 1.807) is 23.2 Å². The van der Waals surface area contributed by atoms with Gasteiger partial charge in [-0.15, -0.1) is 19.7 Å². The lowest BCUT2D eigenvalue weighted by molar-refractivity contribution is -0.137. The van der Waals surface area contributed by atoms with E-state index >= 15 is 0 Å². The van der Waals surface area contributed by atoms with E-state index in [2.05, 4.69) is 19.7 Å². The van der Waals surface area contributed by atoms with E-state index in [1.165, 1.54) is 6.07 Å². The monoisotopic (exact) mass is 254 g/mol. The molecule has 0 fully saturated rings. The van der Waals surface area contributed by atoms with Crippen LogP contribution in [0.25, 0.3) is 0 Å². The van der Waals surface area contributed by atoms with Gasteiger partial charge in [0.2, 0.25) is 0 Å². The summed E-state index contributed by atoms with van der Waals surface area (Å²) in [5, 5.41) is 0.590. The van der Waals surface area contributed by atoms with Crippen LogP contribution in [0.3, 0.4) is 0 Å². The van der Waals surface area contributed by atoms with Gasteiger partial charge in [-0.25, -0.2) is 0 Å². The van der Waals surface area contributed by atoms with Gasteiger partial charge in [-0.3, -0.25) is 0 Å². The highest BCUT2D eigenvalue weighted by atomic mass is 28.3. The average molecular weight is 254 g/mol. The molecule has 0 heterocycles. The minimum absolute atomic E-state index is 0.590. The molecule has 0 spiro atoms. The van der Waals surface area contributed by atoms with Crippen molar-refractivity contribution in [3.05, 3.63) is 66.7 Å². The first-order chi connectivity index (χ1) is 7.89. The highest BCUT2D eigenvalue weighted by Gasteiger charge is 2.33. The molecule has 0 radical (unpaired) electrons. The number of alkyl halides is 3. The molecule has 0 amide bonds. The molecule has 0 atom stereocenters. The summed E-state index contributed by atoms with van der Waals surface area (Å²) >= 11 is 0. The number of halogens is 3. The van der Waals surface area contributed by atoms with Gasteiger partial charge in [-0.2, -0.15) is 13.2 Å². The first kappa shape index (κ1) is 13.5. The molecule has 0 aliphatic heterocycles. The molecule has 90 valence electrons. The Kier molecular flexibility index (Phi) is 3.78. The summed E-state index contributed by atoms with van der Waals surface area (Å²) in [6.07, 6.45) is -4.33. The summed E-state index contributed by atoms with van der Waals surface area (Å²) < 4.78 is 37.8. The van der Waals surface area contributed by atoms with Crippen molar-refractivity contribution in [1.82, 2.24) is 0 Å². The van der Waals surface area contributed by atoms with Gasteiger partial charge < -0.3 is 0 Å². The lowest BCUT2D eigenvalue weighted by atomic mass is 10.2. The van der Waals surface area contributed by atoms with Gasteiger partial charge in [0.25, 0.3) is 0 Å². The van der Waals surface area contributed by atoms with Crippen molar-refractivity contribution in [3.63, 3.8) is 0 Å². The fraction of sp³-hybridized carbons (Fsp3) is 0.0769. The summed E-state index contributed by atoms with van der Waals surface area (Å²) in [6.45, 7) is 11.0. The van der Waals surface area contributed by atoms with E-state index in [9.17, 15) is 13.2 Å². The SMILES string of the molecule is C=C[Si](C=C)(C=C)c1cccc(C(F)(F)F)c1. The molecule has 17 heavy (non-hydrogen) atoms. The molecule has 0 aliphatic carbocycles. The Hall–Kier alpha value is -1.55. The van der Waals surface area contributed by atoms with Crippen LogP contribution in [0.4, 0.5) is 13.2 Å². The van der Waals surface area contributed by atoms with Gasteiger partial charge in [0.15, 0.2) is 8.07 Å². The van der Waals surface area contributed by atoms with E-state index in [1.807, 2.05) is 0 Å². The molecule has 0 unspecified atom stereocenters. The quantitative estimate of drug-likeness (QED) is 0.721. The smallest absolute Gasteiger partial charge is 0.166 e. The first-order valence-electron chi connectivity index (χ1n) is 4.98. The van der Waals surface area contributed by atoms with Gasteiger partial charge in [0.05, 0.1) is 5.56 Å². The largest absolute Gasteiger partial charge is 0.416 e. The highest BCUT2D eigenvalue weighted by Crippen LogP contribution is 2.28. The van der Waals surface area contributed by atoms with Gasteiger partial charge in [0, 0.05) is 0 Å². The highest BCUT2D eigenvalue weighted by molar-refractivity contribution is 7.03. The van der Waals surface area contributed by atoms with Crippen LogP contribution in [0.2, 0.25) is 0 Å². The molecule has 0 aromatic heterocycles. The van der Waals surface area contributed by atoms with Crippen LogP contribution in [-0.4, -0.2) is 8.07 Å². The molecule has 4 heteroatoms. The van der Waals surface area contributed by atoms with Crippen LogP contribution in [0.5, 0.6) is 0 Å². The predicted octanol–water partition coefficient (Wildman–Crippen LogP) is 3.54. The molecular weight excluding hydrogens is 241 g/mol. The van der Waals surface area contributed by atoms with Crippen molar-refractivity contribution in [1.29, 1.82) is 0 Å². The summed E-state index contributed by atoms with van der Waals surface area (Å²) in [4.78, 5) is 0. The zero-order chi connectivity index (χ0) is 13.1. The maximum absolute atomic E-state index is 12.6. The minimum atomic E-state index is -4.33. The standard InChI is InChI=1S/C13H13F3Si/c1-4-17(5-2,6-3)12-9-7-8-11(10-12)13(14,15)16/h4-10H,1-3H2. The van der Waals surface area contributed by atoms with Gasteiger partial charge in [-0.1, -0.05) is 35.3 Å². The fourth-order valence-corrected chi connectivity index (χ4v) is 3.57. The van der Waals surface area contributed by atoms with Crippen LogP contribution in [-0.2, 0) is 6.18 Å². The van der Waals surface area contributed by atoms with Gasteiger partial charge in [0.1, 0.15) is 0 Å².